The number of likely N-dealkylation sites (N-methyl/N-ethyl adjacent to an activating group) is 1. The molecule has 1 amide bonds. The number of aliphatic hydroxyl groups excluding tert-OH is 1. The molecule has 47 heavy (non-hydrogen) atoms. The minimum atomic E-state index is -4.55. The largest absolute Gasteiger partial charge is 0.756 e. The number of nitrogens with one attached hydrogen (secondary N) is 1. The zero-order chi connectivity index (χ0) is 35.1. The van der Waals surface area contributed by atoms with Crippen LogP contribution < -0.4 is 10.2 Å². The Hall–Kier alpha value is -0.500. The van der Waals surface area contributed by atoms with E-state index in [0.717, 1.165) is 38.5 Å². The van der Waals surface area contributed by atoms with Gasteiger partial charge in [-0.3, -0.25) is 9.36 Å². The van der Waals surface area contributed by atoms with Crippen molar-refractivity contribution in [2.45, 2.75) is 199 Å². The van der Waals surface area contributed by atoms with Crippen LogP contribution in [0.1, 0.15) is 187 Å². The number of phosphoric ester groups is 1. The molecule has 0 aliphatic rings. The molecule has 0 aromatic heterocycles. The van der Waals surface area contributed by atoms with Crippen LogP contribution in [0.4, 0.5) is 0 Å². The first-order chi connectivity index (χ1) is 22.5. The lowest BCUT2D eigenvalue weighted by atomic mass is 10.0. The highest BCUT2D eigenvalue weighted by Gasteiger charge is 2.24. The van der Waals surface area contributed by atoms with Gasteiger partial charge < -0.3 is 28.8 Å². The van der Waals surface area contributed by atoms with E-state index in [9.17, 15) is 19.4 Å². The van der Waals surface area contributed by atoms with E-state index in [1.54, 1.807) is 0 Å². The monoisotopic (exact) mass is 691 g/mol. The Kier molecular flexibility index (Phi) is 31.1. The maximum atomic E-state index is 12.8. The fraction of sp³-hybridized carbons (Fsp3) is 0.974. The summed E-state index contributed by atoms with van der Waals surface area (Å²) in [4.78, 5) is 25.2. The predicted molar refractivity (Wildman–Crippen MR) is 196 cm³/mol. The summed E-state index contributed by atoms with van der Waals surface area (Å²) >= 11 is 0. The van der Waals surface area contributed by atoms with Crippen molar-refractivity contribution in [3.63, 3.8) is 0 Å². The third kappa shape index (κ3) is 33.8. The van der Waals surface area contributed by atoms with E-state index in [2.05, 4.69) is 19.2 Å². The van der Waals surface area contributed by atoms with Gasteiger partial charge in [-0.15, -0.1) is 0 Å². The van der Waals surface area contributed by atoms with E-state index in [0.29, 0.717) is 23.9 Å². The van der Waals surface area contributed by atoms with Crippen molar-refractivity contribution in [2.24, 2.45) is 0 Å². The van der Waals surface area contributed by atoms with Crippen LogP contribution in [0.25, 0.3) is 0 Å². The van der Waals surface area contributed by atoms with Crippen molar-refractivity contribution >= 4 is 13.7 Å². The van der Waals surface area contributed by atoms with Crippen molar-refractivity contribution < 1.29 is 32.9 Å². The number of carbonyl (C=O) groups excluding carboxylic acids is 1. The number of aliphatic hydroxyl groups is 1. The molecule has 282 valence electrons. The molecule has 9 heteroatoms. The molecule has 0 fully saturated rings. The lowest BCUT2D eigenvalue weighted by molar-refractivity contribution is -0.870. The Morgan fingerprint density at radius 3 is 1.45 bits per heavy atom. The van der Waals surface area contributed by atoms with E-state index < -0.39 is 20.0 Å². The highest BCUT2D eigenvalue weighted by molar-refractivity contribution is 7.45. The van der Waals surface area contributed by atoms with Crippen LogP contribution in [0.3, 0.4) is 0 Å². The van der Waals surface area contributed by atoms with Gasteiger partial charge in [-0.2, -0.15) is 0 Å². The van der Waals surface area contributed by atoms with E-state index in [-0.39, 0.29) is 19.1 Å². The predicted octanol–water partition coefficient (Wildman–Crippen LogP) is 9.61. The van der Waals surface area contributed by atoms with E-state index >= 15 is 0 Å². The van der Waals surface area contributed by atoms with Gasteiger partial charge >= 0.3 is 0 Å². The number of quaternary nitrogens is 1. The summed E-state index contributed by atoms with van der Waals surface area (Å²) < 4.78 is 23.2. The van der Waals surface area contributed by atoms with E-state index in [1.165, 1.54) is 122 Å². The molecule has 2 N–H and O–H groups in total. The van der Waals surface area contributed by atoms with Crippen LogP contribution in [0.2, 0.25) is 0 Å². The number of phosphoric acid groups is 1. The Morgan fingerprint density at radius 1 is 0.660 bits per heavy atom. The van der Waals surface area contributed by atoms with Gasteiger partial charge in [-0.05, 0) is 12.8 Å². The van der Waals surface area contributed by atoms with Crippen molar-refractivity contribution in [2.75, 3.05) is 40.9 Å². The van der Waals surface area contributed by atoms with Gasteiger partial charge in [0, 0.05) is 6.42 Å². The first-order valence-electron chi connectivity index (χ1n) is 19.9. The van der Waals surface area contributed by atoms with Gasteiger partial charge in [0.25, 0.3) is 7.82 Å². The summed E-state index contributed by atoms with van der Waals surface area (Å²) in [6.45, 7) is 4.71. The number of amides is 1. The van der Waals surface area contributed by atoms with Gasteiger partial charge in [0.05, 0.1) is 39.9 Å². The third-order valence-electron chi connectivity index (χ3n) is 9.10. The van der Waals surface area contributed by atoms with Gasteiger partial charge in [0.2, 0.25) is 5.91 Å². The summed E-state index contributed by atoms with van der Waals surface area (Å²) in [6, 6.07) is -0.790. The fourth-order valence-corrected chi connectivity index (χ4v) is 6.59. The van der Waals surface area contributed by atoms with Crippen LogP contribution in [0.5, 0.6) is 0 Å². The Balaban J connectivity index is 4.43. The number of nitrogens with zero attached hydrogens (tertiary/aromatic N) is 1. The maximum absolute atomic E-state index is 12.8. The first kappa shape index (κ1) is 46.5. The highest BCUT2D eigenvalue weighted by Crippen LogP contribution is 2.38. The summed E-state index contributed by atoms with van der Waals surface area (Å²) in [7, 11) is 1.31. The summed E-state index contributed by atoms with van der Waals surface area (Å²) in [6.07, 6.45) is 30.9. The Bertz CT molecular complexity index is 748. The maximum Gasteiger partial charge on any atom is 0.268 e. The van der Waals surface area contributed by atoms with Crippen LogP contribution in [0, 0.1) is 0 Å². The number of carbonyl (C=O) groups is 1. The number of rotatable bonds is 36. The Labute approximate surface area is 291 Å². The van der Waals surface area contributed by atoms with Crippen molar-refractivity contribution in [1.82, 2.24) is 5.32 Å². The van der Waals surface area contributed by atoms with Crippen LogP contribution in [-0.2, 0) is 18.4 Å². The lowest BCUT2D eigenvalue weighted by Crippen LogP contribution is -2.46. The molecule has 0 heterocycles. The van der Waals surface area contributed by atoms with Gasteiger partial charge in [-0.1, -0.05) is 168 Å². The van der Waals surface area contributed by atoms with Crippen molar-refractivity contribution in [3.05, 3.63) is 0 Å². The highest BCUT2D eigenvalue weighted by atomic mass is 31.2. The molecule has 0 saturated carbocycles. The second-order valence-corrected chi connectivity index (χ2v) is 16.4. The topological polar surface area (TPSA) is 108 Å². The zero-order valence-electron chi connectivity index (χ0n) is 31.8. The molecule has 0 aromatic carbocycles. The molecule has 0 rings (SSSR count). The molecule has 0 aliphatic heterocycles. The molecular weight excluding hydrogens is 611 g/mol. The SMILES string of the molecule is CCCCCCCCCCCCCCCC(=O)NC(COP(=O)([O-])OCC[N+](C)(C)C)C(O)CCCCCCCCCCCCCC. The second-order valence-electron chi connectivity index (χ2n) is 15.0. The van der Waals surface area contributed by atoms with E-state index in [1.807, 2.05) is 21.1 Å². The van der Waals surface area contributed by atoms with Crippen LogP contribution >= 0.6 is 7.82 Å². The van der Waals surface area contributed by atoms with Crippen LogP contribution in [-0.4, -0.2) is 68.5 Å². The van der Waals surface area contributed by atoms with Crippen LogP contribution in [0.15, 0.2) is 0 Å². The fourth-order valence-electron chi connectivity index (χ4n) is 5.86. The average molecular weight is 691 g/mol. The second kappa shape index (κ2) is 31.5. The summed E-state index contributed by atoms with van der Waals surface area (Å²) in [5.41, 5.74) is 0. The molecular formula is C38H79N2O6P. The van der Waals surface area contributed by atoms with E-state index in [4.69, 9.17) is 9.05 Å². The molecule has 0 bridgehead atoms. The van der Waals surface area contributed by atoms with Gasteiger partial charge in [0.15, 0.2) is 0 Å². The molecule has 3 atom stereocenters. The normalized spacial score (nSPS) is 14.6. The molecule has 8 nitrogen and oxygen atoms in total. The number of hydrogen-bond acceptors (Lipinski definition) is 6. The Morgan fingerprint density at radius 2 is 1.04 bits per heavy atom. The quantitative estimate of drug-likeness (QED) is 0.0385. The molecule has 0 aromatic rings. The smallest absolute Gasteiger partial charge is 0.268 e. The zero-order valence-corrected chi connectivity index (χ0v) is 32.6. The minimum Gasteiger partial charge on any atom is -0.756 e. The minimum absolute atomic E-state index is 0.0156. The van der Waals surface area contributed by atoms with Crippen molar-refractivity contribution in [1.29, 1.82) is 0 Å². The molecule has 0 spiro atoms. The summed E-state index contributed by atoms with van der Waals surface area (Å²) in [5, 5.41) is 13.8. The lowest BCUT2D eigenvalue weighted by Gasteiger charge is -2.30. The molecule has 3 unspecified atom stereocenters. The van der Waals surface area contributed by atoms with Gasteiger partial charge in [-0.25, -0.2) is 0 Å². The average Bonchev–Trinajstić information content (AvgIpc) is 3.01. The van der Waals surface area contributed by atoms with Gasteiger partial charge in [0.1, 0.15) is 13.2 Å². The standard InChI is InChI=1S/C38H79N2O6P/c1-6-8-10-12-14-16-18-20-22-24-26-28-30-32-38(42)39-36(35-46-47(43,44)45-34-33-40(3,4)5)37(41)31-29-27-25-23-21-19-17-15-13-11-9-7-2/h36-37,41H,6-35H2,1-5H3,(H-,39,42,43,44). The molecule has 0 saturated heterocycles. The van der Waals surface area contributed by atoms with Crippen molar-refractivity contribution in [3.8, 4) is 0 Å². The summed E-state index contributed by atoms with van der Waals surface area (Å²) in [5.74, 6) is -0.165. The first-order valence-corrected chi connectivity index (χ1v) is 21.3. The molecule has 0 aliphatic carbocycles. The molecule has 0 radical (unpaired) electrons. The third-order valence-corrected chi connectivity index (χ3v) is 10.1. The number of unbranched alkanes of at least 4 members (excludes halogenated alkanes) is 23. The number of hydrogen-bond donors (Lipinski definition) is 2.